The Bertz CT molecular complexity index is 1810. The molecule has 0 unspecified atom stereocenters. The average molecular weight is 959 g/mol. The van der Waals surface area contributed by atoms with E-state index >= 15 is 0 Å². The Morgan fingerprint density at radius 2 is 1.16 bits per heavy atom. The summed E-state index contributed by atoms with van der Waals surface area (Å²) in [7, 11) is 0. The Morgan fingerprint density at radius 3 is 1.76 bits per heavy atom. The summed E-state index contributed by atoms with van der Waals surface area (Å²) in [4.78, 5) is 14.7. The number of esters is 1. The summed E-state index contributed by atoms with van der Waals surface area (Å²) in [5.41, 5.74) is -1.58. The van der Waals surface area contributed by atoms with Crippen LogP contribution in [-0.4, -0.2) is 192 Å². The lowest BCUT2D eigenvalue weighted by Crippen LogP contribution is -2.67. The quantitative estimate of drug-likeness (QED) is 0.0718. The topological polar surface area (TPSA) is 315 Å². The number of hydrogen-bond donors (Lipinski definition) is 12. The Kier molecular flexibility index (Phi) is 14.4. The van der Waals surface area contributed by atoms with Crippen LogP contribution in [0.5, 0.6) is 0 Å². The summed E-state index contributed by atoms with van der Waals surface area (Å²) in [6.45, 7) is 11.4. The molecule has 3 aliphatic heterocycles. The first-order chi connectivity index (χ1) is 31.4. The van der Waals surface area contributed by atoms with Crippen molar-refractivity contribution < 1.29 is 94.5 Å². The third kappa shape index (κ3) is 8.10. The van der Waals surface area contributed by atoms with Crippen molar-refractivity contribution in [3.8, 4) is 0 Å². The number of allylic oxidation sites excluding steroid dienone is 2. The molecule has 7 fully saturated rings. The van der Waals surface area contributed by atoms with E-state index in [1.54, 1.807) is 0 Å². The van der Waals surface area contributed by atoms with Crippen LogP contribution in [0.25, 0.3) is 0 Å². The van der Waals surface area contributed by atoms with Gasteiger partial charge in [0.05, 0.1) is 31.3 Å². The fourth-order valence-electron chi connectivity index (χ4n) is 15.1. The van der Waals surface area contributed by atoms with Crippen LogP contribution in [0.15, 0.2) is 11.6 Å². The molecular weight excluding hydrogens is 881 g/mol. The third-order valence-corrected chi connectivity index (χ3v) is 19.6. The van der Waals surface area contributed by atoms with Crippen molar-refractivity contribution in [2.75, 3.05) is 26.4 Å². The summed E-state index contributed by atoms with van der Waals surface area (Å²) >= 11 is 0. The zero-order chi connectivity index (χ0) is 49.0. The largest absolute Gasteiger partial charge is 0.432 e. The second-order valence-electron chi connectivity index (χ2n) is 23.3. The van der Waals surface area contributed by atoms with E-state index in [2.05, 4.69) is 40.7 Å². The van der Waals surface area contributed by atoms with Gasteiger partial charge >= 0.3 is 5.97 Å². The molecule has 0 amide bonds. The van der Waals surface area contributed by atoms with E-state index in [1.807, 2.05) is 6.92 Å². The Labute approximate surface area is 392 Å². The number of fused-ring (bicyclic) bond motifs is 7. The lowest BCUT2D eigenvalue weighted by molar-refractivity contribution is -0.378. The molecule has 3 heterocycles. The lowest BCUT2D eigenvalue weighted by atomic mass is 9.33. The summed E-state index contributed by atoms with van der Waals surface area (Å²) in [6, 6.07) is 0. The summed E-state index contributed by atoms with van der Waals surface area (Å²) in [5.74, 6) is -0.541. The van der Waals surface area contributed by atoms with E-state index in [0.717, 1.165) is 25.7 Å². The number of carbonyl (C=O) groups excluding carboxylic acids is 1. The van der Waals surface area contributed by atoms with Crippen LogP contribution in [0.2, 0.25) is 0 Å². The number of ether oxygens (including phenoxy) is 6. The molecule has 19 heteroatoms. The fraction of sp³-hybridized carbons (Fsp3) is 0.938. The maximum Gasteiger partial charge on any atom is 0.315 e. The normalized spacial score (nSPS) is 54.1. The maximum absolute atomic E-state index is 14.7. The highest BCUT2D eigenvalue weighted by atomic mass is 16.8. The van der Waals surface area contributed by atoms with Gasteiger partial charge in [-0.25, -0.2) is 0 Å². The van der Waals surface area contributed by atoms with Gasteiger partial charge < -0.3 is 89.7 Å². The maximum atomic E-state index is 14.7. The van der Waals surface area contributed by atoms with Crippen LogP contribution < -0.4 is 0 Å². The summed E-state index contributed by atoms with van der Waals surface area (Å²) < 4.78 is 36.1. The molecule has 19 nitrogen and oxygen atoms in total. The number of carbonyl (C=O) groups is 1. The van der Waals surface area contributed by atoms with Gasteiger partial charge in [0.2, 0.25) is 6.29 Å². The summed E-state index contributed by atoms with van der Waals surface area (Å²) in [6.07, 6.45) is -15.1. The second kappa shape index (κ2) is 18.5. The molecule has 3 saturated heterocycles. The Morgan fingerprint density at radius 1 is 0.612 bits per heavy atom. The van der Waals surface area contributed by atoms with Gasteiger partial charge in [0.15, 0.2) is 12.6 Å². The van der Waals surface area contributed by atoms with Crippen LogP contribution in [0, 0.1) is 50.2 Å². The van der Waals surface area contributed by atoms with Crippen LogP contribution in [0.1, 0.15) is 106 Å². The van der Waals surface area contributed by atoms with Crippen LogP contribution >= 0.6 is 0 Å². The van der Waals surface area contributed by atoms with Gasteiger partial charge in [0, 0.05) is 6.61 Å². The number of aliphatic hydroxyl groups excluding tert-OH is 12. The molecule has 5 aliphatic carbocycles. The van der Waals surface area contributed by atoms with Gasteiger partial charge in [-0.05, 0) is 109 Å². The molecule has 67 heavy (non-hydrogen) atoms. The first-order valence-electron chi connectivity index (χ1n) is 24.5. The van der Waals surface area contributed by atoms with E-state index < -0.39 is 140 Å². The molecule has 0 aromatic heterocycles. The van der Waals surface area contributed by atoms with Gasteiger partial charge in [-0.15, -0.1) is 0 Å². The number of hydrogen-bond acceptors (Lipinski definition) is 19. The van der Waals surface area contributed by atoms with Crippen molar-refractivity contribution >= 4 is 5.97 Å². The molecule has 0 aromatic carbocycles. The molecular formula is C48H78O19. The zero-order valence-electron chi connectivity index (χ0n) is 39.7. The monoisotopic (exact) mass is 959 g/mol. The molecule has 0 spiro atoms. The highest BCUT2D eigenvalue weighted by molar-refractivity contribution is 5.79. The standard InChI is InChI=1S/C48H78O19/c1-43(2)27-9-12-47(6)28(45(27,4)11-10-29(43)65-41-38(35(58)32(55)26(20-51)64-41)66-39-36(59)33(56)30(53)24(18-49)62-39)8-7-22-23-17-44(3,21-52)13-15-48(23,16-14-46(22,47)5)42(61)67-40-37(60)34(57)31(54)25(19-50)63-40/h7,23-41,49-60H,8-21H2,1-6H3/t23-,24+,25+,26+,27-,28+,29-,30+,31+,32-,33-,34-,35-,36+,37+,38+,39-,40-,41-,44+,45-,46+,47+,48-/m0/s1. The van der Waals surface area contributed by atoms with Crippen molar-refractivity contribution in [2.24, 2.45) is 50.2 Å². The number of rotatable bonds is 10. The Balaban J connectivity index is 1.05. The van der Waals surface area contributed by atoms with Crippen molar-refractivity contribution in [3.05, 3.63) is 11.6 Å². The molecule has 0 aromatic rings. The van der Waals surface area contributed by atoms with E-state index in [-0.39, 0.29) is 40.6 Å². The van der Waals surface area contributed by atoms with Crippen LogP contribution in [0.3, 0.4) is 0 Å². The first-order valence-corrected chi connectivity index (χ1v) is 24.5. The van der Waals surface area contributed by atoms with Gasteiger partial charge in [-0.3, -0.25) is 4.79 Å². The molecule has 24 atom stereocenters. The highest BCUT2D eigenvalue weighted by Gasteiger charge is 2.70. The molecule has 8 rings (SSSR count). The van der Waals surface area contributed by atoms with Gasteiger partial charge in [0.25, 0.3) is 0 Å². The molecule has 0 radical (unpaired) electrons. The summed E-state index contributed by atoms with van der Waals surface area (Å²) in [5, 5.41) is 126. The van der Waals surface area contributed by atoms with E-state index in [9.17, 15) is 66.1 Å². The molecule has 4 saturated carbocycles. The van der Waals surface area contributed by atoms with Crippen LogP contribution in [-0.2, 0) is 33.2 Å². The predicted octanol–water partition coefficient (Wildman–Crippen LogP) is -0.887. The average Bonchev–Trinajstić information content (AvgIpc) is 3.29. The minimum absolute atomic E-state index is 0.0595. The predicted molar refractivity (Wildman–Crippen MR) is 232 cm³/mol. The van der Waals surface area contributed by atoms with Gasteiger partial charge in [-0.2, -0.15) is 0 Å². The SMILES string of the molecule is CC1(C)[C@@H](O[C@@H]2O[C@H](CO)[C@H](O)[C@H](O)[C@H]2O[C@@H]2O[C@H](CO)[C@@H](O)[C@H](O)[C@H]2O)CC[C@]2(C)[C@H]3CC=C4[C@@H]5C[C@](C)(CO)CC[C@]5(C(=O)O[C@@H]5O[C@H](CO)[C@@H](O)[C@H](O)[C@H]5O)CC[C@@]4(C)[C@]3(C)CC[C@@H]12. The molecule has 12 N–H and O–H groups in total. The molecule has 384 valence electrons. The second-order valence-corrected chi connectivity index (χ2v) is 23.3. The molecule has 0 bridgehead atoms. The Hall–Kier alpha value is -1.47. The molecule has 8 aliphatic rings. The number of aliphatic hydroxyl groups is 12. The minimum atomic E-state index is -1.79. The fourth-order valence-corrected chi connectivity index (χ4v) is 15.1. The van der Waals surface area contributed by atoms with Crippen molar-refractivity contribution in [1.82, 2.24) is 0 Å². The lowest BCUT2D eigenvalue weighted by Gasteiger charge is -2.71. The minimum Gasteiger partial charge on any atom is -0.432 e. The van der Waals surface area contributed by atoms with Crippen molar-refractivity contribution in [1.29, 1.82) is 0 Å². The van der Waals surface area contributed by atoms with Crippen molar-refractivity contribution in [3.63, 3.8) is 0 Å². The third-order valence-electron chi connectivity index (χ3n) is 19.6. The van der Waals surface area contributed by atoms with Crippen LogP contribution in [0.4, 0.5) is 0 Å². The first kappa shape index (κ1) is 51.9. The van der Waals surface area contributed by atoms with Crippen molar-refractivity contribution in [2.45, 2.75) is 204 Å². The van der Waals surface area contributed by atoms with E-state index in [1.165, 1.54) is 5.57 Å². The van der Waals surface area contributed by atoms with E-state index in [0.29, 0.717) is 38.5 Å². The highest BCUT2D eigenvalue weighted by Crippen LogP contribution is 2.76. The smallest absolute Gasteiger partial charge is 0.315 e. The van der Waals surface area contributed by atoms with Gasteiger partial charge in [-0.1, -0.05) is 53.2 Å². The van der Waals surface area contributed by atoms with Gasteiger partial charge in [0.1, 0.15) is 73.2 Å². The zero-order valence-corrected chi connectivity index (χ0v) is 39.7. The van der Waals surface area contributed by atoms with E-state index in [4.69, 9.17) is 28.4 Å².